The van der Waals surface area contributed by atoms with Gasteiger partial charge < -0.3 is 50.0 Å². The van der Waals surface area contributed by atoms with Crippen molar-refractivity contribution >= 4 is 23.9 Å². The van der Waals surface area contributed by atoms with Gasteiger partial charge in [0.15, 0.2) is 0 Å². The van der Waals surface area contributed by atoms with Gasteiger partial charge in [-0.1, -0.05) is 0 Å². The molecule has 18 heteroatoms. The minimum absolute atomic E-state index is 0.0592. The highest BCUT2D eigenvalue weighted by atomic mass is 16.6. The molecule has 0 heterocycles. The Morgan fingerprint density at radius 3 is 1.00 bits per heavy atom. The summed E-state index contributed by atoms with van der Waals surface area (Å²) in [6.07, 6.45) is 0. The fourth-order valence-electron chi connectivity index (χ4n) is 3.54. The largest absolute Gasteiger partial charge is 0.480 e. The number of carboxylic acid groups (broad SMARTS) is 1. The van der Waals surface area contributed by atoms with Gasteiger partial charge in [-0.3, -0.25) is 39.2 Å². The second kappa shape index (κ2) is 24.0. The number of aliphatic carboxylic acids is 1. The third kappa shape index (κ3) is 18.8. The summed E-state index contributed by atoms with van der Waals surface area (Å²) in [6, 6.07) is 0. The first kappa shape index (κ1) is 39.5. The number of rotatable bonds is 27. The van der Waals surface area contributed by atoms with Gasteiger partial charge in [0.05, 0.1) is 65.8 Å². The average Bonchev–Trinajstić information content (AvgIpc) is 2.93. The Bertz CT molecular complexity index is 674. The first-order valence-electron chi connectivity index (χ1n) is 13.3. The summed E-state index contributed by atoms with van der Waals surface area (Å²) in [7, 11) is 0. The quantitative estimate of drug-likeness (QED) is 0.0316. The average molecular weight is 615 g/mol. The lowest BCUT2D eigenvalue weighted by atomic mass is 10.0. The van der Waals surface area contributed by atoms with Crippen LogP contribution in [-0.2, 0) is 33.4 Å². The Morgan fingerprint density at radius 1 is 0.524 bits per heavy atom. The molecule has 246 valence electrons. The van der Waals surface area contributed by atoms with Gasteiger partial charge in [-0.25, -0.2) is 0 Å². The van der Waals surface area contributed by atoms with Crippen LogP contribution in [0, 0.1) is 0 Å². The highest BCUT2D eigenvalue weighted by Gasteiger charge is 2.36. The molecule has 0 bridgehead atoms. The number of esters is 3. The van der Waals surface area contributed by atoms with Crippen LogP contribution in [0.5, 0.6) is 0 Å². The van der Waals surface area contributed by atoms with Crippen LogP contribution in [0.2, 0.25) is 0 Å². The number of carboxylic acids is 1. The number of nitrogens with zero attached hydrogens (tertiary/aromatic N) is 3. The minimum Gasteiger partial charge on any atom is -0.480 e. The summed E-state index contributed by atoms with van der Waals surface area (Å²) in [5, 5.41) is 66.8. The van der Waals surface area contributed by atoms with Crippen LogP contribution >= 0.6 is 0 Å². The monoisotopic (exact) mass is 614 g/mol. The van der Waals surface area contributed by atoms with Crippen LogP contribution in [0.3, 0.4) is 0 Å². The van der Waals surface area contributed by atoms with Crippen LogP contribution in [0.1, 0.15) is 0 Å². The fraction of sp³-hybridized carbons (Fsp3) is 0.833. The Balaban J connectivity index is 5.82. The predicted octanol–water partition coefficient (Wildman–Crippen LogP) is -6.11. The number of nitrogens with one attached hydrogen (secondary N) is 1. The first-order chi connectivity index (χ1) is 20.1. The van der Waals surface area contributed by atoms with Crippen molar-refractivity contribution in [1.29, 1.82) is 0 Å². The van der Waals surface area contributed by atoms with Crippen molar-refractivity contribution in [2.75, 3.05) is 125 Å². The van der Waals surface area contributed by atoms with Crippen LogP contribution in [0.4, 0.5) is 0 Å². The van der Waals surface area contributed by atoms with E-state index in [1.807, 2.05) is 0 Å². The van der Waals surface area contributed by atoms with E-state index in [0.717, 1.165) is 0 Å². The van der Waals surface area contributed by atoms with Crippen molar-refractivity contribution < 1.29 is 69.1 Å². The van der Waals surface area contributed by atoms with E-state index >= 15 is 0 Å². The normalized spacial score (nSPS) is 11.7. The molecule has 0 spiro atoms. The van der Waals surface area contributed by atoms with E-state index in [1.54, 1.807) is 0 Å². The molecule has 0 aromatic carbocycles. The Hall–Kier alpha value is -2.52. The van der Waals surface area contributed by atoms with E-state index in [4.69, 9.17) is 44.8 Å². The molecule has 0 aliphatic carbocycles. The Kier molecular flexibility index (Phi) is 22.5. The van der Waals surface area contributed by atoms with E-state index in [-0.39, 0.29) is 98.5 Å². The molecule has 0 saturated heterocycles. The second-order valence-electron chi connectivity index (χ2n) is 9.18. The number of aliphatic hydroxyl groups is 6. The third-order valence-corrected chi connectivity index (χ3v) is 5.70. The molecule has 0 fully saturated rings. The highest BCUT2D eigenvalue weighted by molar-refractivity contribution is 5.73. The molecule has 18 nitrogen and oxygen atoms in total. The van der Waals surface area contributed by atoms with E-state index in [0.29, 0.717) is 0 Å². The number of carbonyl (C=O) groups excluding carboxylic acids is 3. The molecule has 0 radical (unpaired) electrons. The van der Waals surface area contributed by atoms with Gasteiger partial charge in [0, 0.05) is 39.3 Å². The van der Waals surface area contributed by atoms with Crippen molar-refractivity contribution in [1.82, 2.24) is 20.0 Å². The molecule has 0 aliphatic heterocycles. The van der Waals surface area contributed by atoms with Gasteiger partial charge in [0.25, 0.3) is 0 Å². The Labute approximate surface area is 244 Å². The van der Waals surface area contributed by atoms with Gasteiger partial charge in [0.2, 0.25) is 0 Å². The molecule has 0 atom stereocenters. The van der Waals surface area contributed by atoms with Crippen molar-refractivity contribution in [3.63, 3.8) is 0 Å². The lowest BCUT2D eigenvalue weighted by molar-refractivity contribution is -0.158. The predicted molar refractivity (Wildman–Crippen MR) is 143 cm³/mol. The molecule has 0 unspecified atom stereocenters. The standard InChI is InChI=1S/C24H46N4O14/c29-7-1-26(2-8-30)14-21(37)40-17-24(25-13-20(35)36,18-41-22(38)15-27(3-9-31)4-10-32)19-42-23(39)16-28(5-11-33)6-12-34/h25,29-34H,1-19H2,(H,35,36). The van der Waals surface area contributed by atoms with Crippen molar-refractivity contribution in [2.45, 2.75) is 5.54 Å². The molecule has 0 aliphatic rings. The molecule has 0 amide bonds. The van der Waals surface area contributed by atoms with Gasteiger partial charge in [-0.2, -0.15) is 0 Å². The number of hydrogen-bond donors (Lipinski definition) is 8. The maximum atomic E-state index is 12.5. The molecule has 0 saturated carbocycles. The molecular weight excluding hydrogens is 568 g/mol. The van der Waals surface area contributed by atoms with E-state index in [9.17, 15) is 24.3 Å². The summed E-state index contributed by atoms with van der Waals surface area (Å²) in [6.45, 7) is -5.03. The van der Waals surface area contributed by atoms with Crippen LogP contribution < -0.4 is 5.32 Å². The Morgan fingerprint density at radius 2 is 0.786 bits per heavy atom. The number of ether oxygens (including phenoxy) is 3. The summed E-state index contributed by atoms with van der Waals surface area (Å²) in [5.41, 5.74) is -1.74. The van der Waals surface area contributed by atoms with Gasteiger partial charge >= 0.3 is 23.9 Å². The molecular formula is C24H46N4O14. The number of aliphatic hydroxyl groups excluding tert-OH is 6. The fourth-order valence-corrected chi connectivity index (χ4v) is 3.54. The highest BCUT2D eigenvalue weighted by Crippen LogP contribution is 2.11. The zero-order valence-electron chi connectivity index (χ0n) is 23.8. The number of hydrogen-bond acceptors (Lipinski definition) is 17. The van der Waals surface area contributed by atoms with Gasteiger partial charge in [-0.15, -0.1) is 0 Å². The zero-order valence-corrected chi connectivity index (χ0v) is 23.8. The number of carbonyl (C=O) groups is 4. The summed E-state index contributed by atoms with van der Waals surface area (Å²) in [4.78, 5) is 53.2. The minimum atomic E-state index is -1.74. The van der Waals surface area contributed by atoms with E-state index in [1.165, 1.54) is 14.7 Å². The summed E-state index contributed by atoms with van der Waals surface area (Å²) >= 11 is 0. The van der Waals surface area contributed by atoms with Crippen molar-refractivity contribution in [2.24, 2.45) is 0 Å². The summed E-state index contributed by atoms with van der Waals surface area (Å²) < 4.78 is 15.9. The van der Waals surface area contributed by atoms with Crippen molar-refractivity contribution in [3.05, 3.63) is 0 Å². The van der Waals surface area contributed by atoms with E-state index in [2.05, 4.69) is 5.32 Å². The smallest absolute Gasteiger partial charge is 0.320 e. The SMILES string of the molecule is O=C(O)CNC(COC(=O)CN(CCO)CCO)(COC(=O)CN(CCO)CCO)COC(=O)CN(CCO)CCO. The molecule has 0 rings (SSSR count). The summed E-state index contributed by atoms with van der Waals surface area (Å²) in [5.74, 6) is -3.81. The van der Waals surface area contributed by atoms with Crippen LogP contribution in [-0.4, -0.2) is 205 Å². The maximum absolute atomic E-state index is 12.5. The van der Waals surface area contributed by atoms with Crippen LogP contribution in [0.15, 0.2) is 0 Å². The maximum Gasteiger partial charge on any atom is 0.320 e. The molecule has 0 aromatic heterocycles. The third-order valence-electron chi connectivity index (χ3n) is 5.70. The van der Waals surface area contributed by atoms with Crippen molar-refractivity contribution in [3.8, 4) is 0 Å². The lowest BCUT2D eigenvalue weighted by Crippen LogP contribution is -2.59. The zero-order chi connectivity index (χ0) is 31.8. The second-order valence-corrected chi connectivity index (χ2v) is 9.18. The lowest BCUT2D eigenvalue weighted by Gasteiger charge is -2.33. The molecule has 42 heavy (non-hydrogen) atoms. The topological polar surface area (TPSA) is 259 Å². The molecule has 0 aromatic rings. The molecule has 8 N–H and O–H groups in total. The first-order valence-corrected chi connectivity index (χ1v) is 13.3. The van der Waals surface area contributed by atoms with Crippen LogP contribution in [0.25, 0.3) is 0 Å². The van der Waals surface area contributed by atoms with E-state index < -0.39 is 55.8 Å². The van der Waals surface area contributed by atoms with Gasteiger partial charge in [-0.05, 0) is 0 Å². The van der Waals surface area contributed by atoms with Gasteiger partial charge in [0.1, 0.15) is 25.4 Å².